The zero-order valence-corrected chi connectivity index (χ0v) is 51.6. The molecule has 0 atom stereocenters. The van der Waals surface area contributed by atoms with Crippen molar-refractivity contribution in [3.8, 4) is 39.6 Å². The summed E-state index contributed by atoms with van der Waals surface area (Å²) in [5.41, 5.74) is 16.6. The topological polar surface area (TPSA) is 46.4 Å². The van der Waals surface area contributed by atoms with E-state index >= 15 is 0 Å². The fraction of sp³-hybridized carbons (Fsp3) is 0.338. The summed E-state index contributed by atoms with van der Waals surface area (Å²) in [5.74, 6) is 2.84. The average molecular weight is 1210 g/mol. The second kappa shape index (κ2) is 20.0. The molecule has 0 saturated carbocycles. The van der Waals surface area contributed by atoms with E-state index in [1.807, 2.05) is 36.7 Å². The van der Waals surface area contributed by atoms with Gasteiger partial charge in [0.05, 0.1) is 5.69 Å². The molecule has 0 spiro atoms. The third-order valence-electron chi connectivity index (χ3n) is 15.3. The quantitative estimate of drug-likeness (QED) is 0.149. The maximum absolute atomic E-state index is 6.80. The number of fused-ring (bicyclic) bond motifs is 4. The van der Waals surface area contributed by atoms with Crippen molar-refractivity contribution in [1.82, 2.24) is 14.5 Å². The summed E-state index contributed by atoms with van der Waals surface area (Å²) in [5, 5.41) is 2.22. The summed E-state index contributed by atoms with van der Waals surface area (Å²) in [6, 6.07) is 53.9. The fourth-order valence-corrected chi connectivity index (χ4v) is 10.8. The molecule has 406 valence electrons. The Hall–Kier alpha value is -6.49. The number of pyridine rings is 2. The Morgan fingerprint density at radius 1 is 0.436 bits per heavy atom. The van der Waals surface area contributed by atoms with Gasteiger partial charge >= 0.3 is 0 Å². The van der Waals surface area contributed by atoms with Gasteiger partial charge < -0.3 is 19.1 Å². The van der Waals surface area contributed by atoms with Crippen LogP contribution in [0.25, 0.3) is 49.9 Å². The van der Waals surface area contributed by atoms with E-state index in [1.165, 1.54) is 55.6 Å². The molecule has 6 aromatic carbocycles. The Kier molecular flexibility index (Phi) is 14.4. The van der Waals surface area contributed by atoms with Crippen LogP contribution in [0.1, 0.15) is 158 Å². The number of ether oxygens (including phenoxy) is 1. The molecular formula is C71H78N5OPt-3. The largest absolute Gasteiger partial charge is 0.509 e. The van der Waals surface area contributed by atoms with Gasteiger partial charge in [0.1, 0.15) is 11.6 Å². The molecule has 0 N–H and O–H groups in total. The molecule has 0 bridgehead atoms. The van der Waals surface area contributed by atoms with Gasteiger partial charge in [-0.05, 0) is 125 Å². The van der Waals surface area contributed by atoms with Crippen LogP contribution in [0.3, 0.4) is 0 Å². The zero-order valence-electron chi connectivity index (χ0n) is 49.3. The number of para-hydroxylation sites is 1. The van der Waals surface area contributed by atoms with Crippen molar-refractivity contribution >= 4 is 44.7 Å². The summed E-state index contributed by atoms with van der Waals surface area (Å²) >= 11 is 0. The maximum atomic E-state index is 6.80. The van der Waals surface area contributed by atoms with Crippen LogP contribution in [0, 0.1) is 18.8 Å². The number of nitrogens with zero attached hydrogens (tertiary/aromatic N) is 5. The number of hydrogen-bond acceptors (Lipinski definition) is 5. The van der Waals surface area contributed by atoms with Crippen molar-refractivity contribution in [2.75, 3.05) is 9.80 Å². The average Bonchev–Trinajstić information content (AvgIpc) is 3.92. The van der Waals surface area contributed by atoms with Gasteiger partial charge in [0.15, 0.2) is 0 Å². The van der Waals surface area contributed by atoms with E-state index in [0.29, 0.717) is 11.5 Å². The second-order valence-electron chi connectivity index (χ2n) is 27.5. The van der Waals surface area contributed by atoms with E-state index < -0.39 is 0 Å². The Morgan fingerprint density at radius 2 is 0.987 bits per heavy atom. The van der Waals surface area contributed by atoms with Crippen LogP contribution in [0.5, 0.6) is 11.5 Å². The van der Waals surface area contributed by atoms with Gasteiger partial charge in [-0.3, -0.25) is 0 Å². The van der Waals surface area contributed by atoms with Crippen LogP contribution < -0.4 is 14.5 Å². The van der Waals surface area contributed by atoms with Crippen LogP contribution in [0.15, 0.2) is 140 Å². The molecule has 1 aliphatic rings. The van der Waals surface area contributed by atoms with E-state index in [2.05, 4.69) is 261 Å². The first kappa shape index (κ1) is 56.2. The third kappa shape index (κ3) is 10.7. The summed E-state index contributed by atoms with van der Waals surface area (Å²) < 4.78 is 9.01. The molecular weight excluding hydrogens is 1130 g/mol. The zero-order chi connectivity index (χ0) is 55.4. The normalized spacial score (nSPS) is 13.6. The van der Waals surface area contributed by atoms with Crippen molar-refractivity contribution in [3.63, 3.8) is 0 Å². The molecule has 4 heterocycles. The number of aromatic nitrogens is 3. The Bertz CT molecular complexity index is 3630. The smallest absolute Gasteiger partial charge is 0.135 e. The molecule has 7 heteroatoms. The number of hydrogen-bond donors (Lipinski definition) is 0. The molecule has 0 aliphatic carbocycles. The standard InChI is InChI=1S/C71H78N5O.Pt/c1-66(2,3)45-28-32-58(70(13,14)15)54(37-45)56-39-48(69(10,11)12)40-57(55-38-46(67(4,5)6)29-33-59(55)71(16,17)18)64(56)75-44-74(61-27-22-35-73-65(61)75)49-23-21-24-50(42-49)77-51-30-31-53-52-25-19-20-26-60(52)76(62(53)43-51)63-41-47(34-36-72-63)68(7,8)9;/h19-41,44H,1-18H3;/q-3;. The van der Waals surface area contributed by atoms with Gasteiger partial charge in [0.2, 0.25) is 0 Å². The maximum Gasteiger partial charge on any atom is 0.135 e. The van der Waals surface area contributed by atoms with Gasteiger partial charge in [-0.1, -0.05) is 185 Å². The number of anilines is 4. The SMILES string of the molecule is CC(C)(C)c1ccnc(-n2c3[c-]c(Oc4[c-]c(N5[CH-]N(c6c(-c7cc(C(C)(C)C)ccc7C(C)(C)C)cc(C(C)(C)C)cc6-c6cc(C(C)(C)C)ccc6C(C)(C)C)c6ncccc65)ccc4)ccc3c3ccccc32)c1.[Pt]. The molecule has 0 fully saturated rings. The van der Waals surface area contributed by atoms with E-state index in [4.69, 9.17) is 14.7 Å². The van der Waals surface area contributed by atoms with Crippen LogP contribution in [0.2, 0.25) is 0 Å². The van der Waals surface area contributed by atoms with E-state index in [0.717, 1.165) is 50.5 Å². The number of benzene rings is 6. The Labute approximate surface area is 480 Å². The van der Waals surface area contributed by atoms with Crippen molar-refractivity contribution < 1.29 is 25.8 Å². The van der Waals surface area contributed by atoms with Gasteiger partial charge in [-0.2, -0.15) is 12.1 Å². The molecule has 0 unspecified atom stereocenters. The third-order valence-corrected chi connectivity index (χ3v) is 15.3. The van der Waals surface area contributed by atoms with Crippen molar-refractivity contribution in [2.45, 2.75) is 157 Å². The minimum Gasteiger partial charge on any atom is -0.509 e. The molecule has 9 aromatic rings. The molecule has 6 nitrogen and oxygen atoms in total. The Morgan fingerprint density at radius 3 is 1.56 bits per heavy atom. The second-order valence-corrected chi connectivity index (χ2v) is 27.5. The van der Waals surface area contributed by atoms with Crippen LogP contribution in [0.4, 0.5) is 22.9 Å². The van der Waals surface area contributed by atoms with E-state index in [9.17, 15) is 0 Å². The molecule has 0 saturated heterocycles. The summed E-state index contributed by atoms with van der Waals surface area (Å²) in [6.07, 6.45) is 3.82. The van der Waals surface area contributed by atoms with Crippen LogP contribution in [-0.4, -0.2) is 14.5 Å². The van der Waals surface area contributed by atoms with Crippen LogP contribution in [-0.2, 0) is 53.6 Å². The molecule has 1 aliphatic heterocycles. The first-order valence-corrected chi connectivity index (χ1v) is 27.5. The predicted molar refractivity (Wildman–Crippen MR) is 325 cm³/mol. The van der Waals surface area contributed by atoms with Gasteiger partial charge in [0, 0.05) is 67.3 Å². The fourth-order valence-electron chi connectivity index (χ4n) is 10.8. The molecule has 3 aromatic heterocycles. The van der Waals surface area contributed by atoms with E-state index in [-0.39, 0.29) is 53.6 Å². The summed E-state index contributed by atoms with van der Waals surface area (Å²) in [7, 11) is 0. The first-order valence-electron chi connectivity index (χ1n) is 27.5. The molecule has 0 amide bonds. The minimum atomic E-state index is -0.172. The van der Waals surface area contributed by atoms with Gasteiger partial charge in [-0.15, -0.1) is 48.1 Å². The Balaban J connectivity index is 0.00000740. The van der Waals surface area contributed by atoms with Crippen molar-refractivity contribution in [2.24, 2.45) is 0 Å². The van der Waals surface area contributed by atoms with Crippen LogP contribution >= 0.6 is 0 Å². The molecule has 0 radical (unpaired) electrons. The first-order chi connectivity index (χ1) is 36.0. The molecule has 78 heavy (non-hydrogen) atoms. The minimum absolute atomic E-state index is 0. The van der Waals surface area contributed by atoms with Crippen molar-refractivity contribution in [1.29, 1.82) is 0 Å². The number of rotatable bonds is 7. The van der Waals surface area contributed by atoms with Gasteiger partial charge in [0.25, 0.3) is 0 Å². The van der Waals surface area contributed by atoms with Gasteiger partial charge in [-0.25, -0.2) is 9.97 Å². The van der Waals surface area contributed by atoms with Crippen molar-refractivity contribution in [3.05, 3.63) is 192 Å². The predicted octanol–water partition coefficient (Wildman–Crippen LogP) is 19.5. The molecule has 10 rings (SSSR count). The summed E-state index contributed by atoms with van der Waals surface area (Å²) in [4.78, 5) is 14.7. The van der Waals surface area contributed by atoms with E-state index in [1.54, 1.807) is 0 Å². The monoisotopic (exact) mass is 1210 g/mol. The summed E-state index contributed by atoms with van der Waals surface area (Å²) in [6.45, 7) is 43.9.